The molecule has 0 N–H and O–H groups in total. The highest BCUT2D eigenvalue weighted by atomic mass is 19.1. The Morgan fingerprint density at radius 1 is 1.32 bits per heavy atom. The van der Waals surface area contributed by atoms with Crippen molar-refractivity contribution in [2.24, 2.45) is 5.92 Å². The Morgan fingerprint density at radius 3 is 2.44 bits per heavy atom. The molecule has 0 heterocycles. The fourth-order valence-electron chi connectivity index (χ4n) is 2.55. The van der Waals surface area contributed by atoms with Crippen molar-refractivity contribution in [2.45, 2.75) is 51.6 Å². The monoisotopic (exact) mass is 349 g/mol. The molecule has 6 heteroatoms. The number of hydrogen-bond acceptors (Lipinski definition) is 5. The lowest BCUT2D eigenvalue weighted by molar-refractivity contribution is -0.160. The predicted octanol–water partition coefficient (Wildman–Crippen LogP) is 3.52. The number of carbonyl (C=O) groups is 2. The molecule has 0 aliphatic rings. The highest BCUT2D eigenvalue weighted by molar-refractivity contribution is 5.75. The van der Waals surface area contributed by atoms with Crippen LogP contribution in [-0.4, -0.2) is 24.6 Å². The van der Waals surface area contributed by atoms with Gasteiger partial charge in [-0.2, -0.15) is 5.26 Å². The number of carbonyl (C=O) groups excluding carboxylic acids is 2. The molecule has 0 saturated carbocycles. The topological polar surface area (TPSA) is 76.4 Å². The zero-order valence-electron chi connectivity index (χ0n) is 15.3. The maximum Gasteiger partial charge on any atom is 0.309 e. The highest BCUT2D eigenvalue weighted by Gasteiger charge is 2.39. The number of ether oxygens (including phenoxy) is 2. The minimum absolute atomic E-state index is 0.0109. The second kappa shape index (κ2) is 8.11. The van der Waals surface area contributed by atoms with Crippen LogP contribution in [0.4, 0.5) is 4.39 Å². The third-order valence-corrected chi connectivity index (χ3v) is 3.73. The zero-order chi connectivity index (χ0) is 19.3. The summed E-state index contributed by atoms with van der Waals surface area (Å²) >= 11 is 0. The van der Waals surface area contributed by atoms with Crippen molar-refractivity contribution in [2.75, 3.05) is 7.11 Å². The summed E-state index contributed by atoms with van der Waals surface area (Å²) in [6.07, 6.45) is -0.270. The van der Waals surface area contributed by atoms with E-state index in [1.54, 1.807) is 33.8 Å². The Bertz CT molecular complexity index is 675. The fourth-order valence-corrected chi connectivity index (χ4v) is 2.55. The molecule has 25 heavy (non-hydrogen) atoms. The lowest BCUT2D eigenvalue weighted by atomic mass is 9.72. The number of esters is 2. The molecule has 0 spiro atoms. The Hall–Kier alpha value is -2.42. The fraction of sp³-hybridized carbons (Fsp3) is 0.526. The molecule has 1 aromatic carbocycles. The van der Waals surface area contributed by atoms with E-state index in [1.807, 2.05) is 0 Å². The van der Waals surface area contributed by atoms with Crippen LogP contribution in [0.5, 0.6) is 0 Å². The first-order valence-corrected chi connectivity index (χ1v) is 8.00. The van der Waals surface area contributed by atoms with Crippen LogP contribution in [0.3, 0.4) is 0 Å². The Morgan fingerprint density at radius 2 is 1.96 bits per heavy atom. The summed E-state index contributed by atoms with van der Waals surface area (Å²) in [5, 5.41) is 9.80. The van der Waals surface area contributed by atoms with E-state index in [0.29, 0.717) is 5.56 Å². The van der Waals surface area contributed by atoms with Crippen LogP contribution >= 0.6 is 0 Å². The van der Waals surface area contributed by atoms with Gasteiger partial charge in [0.2, 0.25) is 0 Å². The molecule has 5 nitrogen and oxygen atoms in total. The van der Waals surface area contributed by atoms with Gasteiger partial charge in [0.15, 0.2) is 0 Å². The van der Waals surface area contributed by atoms with Crippen molar-refractivity contribution in [3.63, 3.8) is 0 Å². The van der Waals surface area contributed by atoms with Crippen LogP contribution in [-0.2, 0) is 24.5 Å². The first kappa shape index (κ1) is 20.6. The first-order chi connectivity index (χ1) is 11.5. The average molecular weight is 349 g/mol. The molecule has 136 valence electrons. The van der Waals surface area contributed by atoms with E-state index in [-0.39, 0.29) is 12.8 Å². The molecule has 0 aromatic heterocycles. The molecule has 0 saturated heterocycles. The van der Waals surface area contributed by atoms with Crippen molar-refractivity contribution in [3.8, 4) is 6.07 Å². The molecule has 0 amide bonds. The summed E-state index contributed by atoms with van der Waals surface area (Å²) in [5.41, 5.74) is -1.72. The van der Waals surface area contributed by atoms with Gasteiger partial charge < -0.3 is 9.47 Å². The Kier molecular flexibility index (Phi) is 6.69. The average Bonchev–Trinajstić information content (AvgIpc) is 2.52. The molecule has 1 aromatic rings. The number of hydrogen-bond donors (Lipinski definition) is 0. The van der Waals surface area contributed by atoms with E-state index in [1.165, 1.54) is 25.3 Å². The summed E-state index contributed by atoms with van der Waals surface area (Å²) in [5.74, 6) is -2.27. The second-order valence-corrected chi connectivity index (χ2v) is 7.10. The van der Waals surface area contributed by atoms with Gasteiger partial charge in [-0.3, -0.25) is 9.59 Å². The van der Waals surface area contributed by atoms with Gasteiger partial charge in [0.1, 0.15) is 11.4 Å². The highest BCUT2D eigenvalue weighted by Crippen LogP contribution is 2.36. The van der Waals surface area contributed by atoms with Gasteiger partial charge in [-0.15, -0.1) is 0 Å². The van der Waals surface area contributed by atoms with Crippen molar-refractivity contribution in [3.05, 3.63) is 35.6 Å². The molecule has 0 radical (unpaired) electrons. The van der Waals surface area contributed by atoms with Gasteiger partial charge in [0, 0.05) is 0 Å². The standard InChI is InChI=1S/C19H24FNO4/c1-13(17(23)25-18(2,3)4)10-19(12-21,11-16(22)24-5)14-7-6-8-15(20)9-14/h6-9,13H,10-11H2,1-5H3. The zero-order valence-corrected chi connectivity index (χ0v) is 15.3. The van der Waals surface area contributed by atoms with E-state index >= 15 is 0 Å². The van der Waals surface area contributed by atoms with Crippen LogP contribution in [0.25, 0.3) is 0 Å². The third-order valence-electron chi connectivity index (χ3n) is 3.73. The maximum atomic E-state index is 13.7. The van der Waals surface area contributed by atoms with E-state index in [2.05, 4.69) is 10.8 Å². The summed E-state index contributed by atoms with van der Waals surface area (Å²) in [7, 11) is 1.22. The third kappa shape index (κ3) is 5.86. The number of nitrogens with zero attached hydrogens (tertiary/aromatic N) is 1. The second-order valence-electron chi connectivity index (χ2n) is 7.10. The van der Waals surface area contributed by atoms with E-state index in [9.17, 15) is 19.2 Å². The number of rotatable bonds is 6. The Labute approximate surface area is 147 Å². The number of nitriles is 1. The normalized spacial score (nSPS) is 14.8. The number of halogens is 1. The van der Waals surface area contributed by atoms with Crippen molar-refractivity contribution >= 4 is 11.9 Å². The van der Waals surface area contributed by atoms with Crippen LogP contribution in [0.2, 0.25) is 0 Å². The summed E-state index contributed by atoms with van der Waals surface area (Å²) < 4.78 is 23.7. The first-order valence-electron chi connectivity index (χ1n) is 8.00. The summed E-state index contributed by atoms with van der Waals surface area (Å²) in [4.78, 5) is 24.1. The molecule has 0 fully saturated rings. The lowest BCUT2D eigenvalue weighted by Gasteiger charge is -2.30. The maximum absolute atomic E-state index is 13.7. The SMILES string of the molecule is COC(=O)CC(C#N)(CC(C)C(=O)OC(C)(C)C)c1cccc(F)c1. The van der Waals surface area contributed by atoms with Crippen LogP contribution in [0.15, 0.2) is 24.3 Å². The molecule has 0 aliphatic heterocycles. The number of benzene rings is 1. The molecular weight excluding hydrogens is 325 g/mol. The smallest absolute Gasteiger partial charge is 0.309 e. The van der Waals surface area contributed by atoms with E-state index < -0.39 is 34.7 Å². The summed E-state index contributed by atoms with van der Waals surface area (Å²) in [6, 6.07) is 7.58. The lowest BCUT2D eigenvalue weighted by Crippen LogP contribution is -2.35. The van der Waals surface area contributed by atoms with Crippen LogP contribution < -0.4 is 0 Å². The molecule has 1 rings (SSSR count). The molecule has 2 atom stereocenters. The number of methoxy groups -OCH3 is 1. The molecule has 0 bridgehead atoms. The van der Waals surface area contributed by atoms with Crippen molar-refractivity contribution in [1.29, 1.82) is 5.26 Å². The Balaban J connectivity index is 3.21. The molecular formula is C19H24FNO4. The largest absolute Gasteiger partial charge is 0.469 e. The quantitative estimate of drug-likeness (QED) is 0.735. The molecule has 2 unspecified atom stereocenters. The predicted molar refractivity (Wildman–Crippen MR) is 90.0 cm³/mol. The van der Waals surface area contributed by atoms with Gasteiger partial charge in [0.25, 0.3) is 0 Å². The molecule has 0 aliphatic carbocycles. The van der Waals surface area contributed by atoms with E-state index in [4.69, 9.17) is 4.74 Å². The van der Waals surface area contributed by atoms with Crippen LogP contribution in [0, 0.1) is 23.1 Å². The van der Waals surface area contributed by atoms with E-state index in [0.717, 1.165) is 0 Å². The van der Waals surface area contributed by atoms with Crippen molar-refractivity contribution < 1.29 is 23.5 Å². The van der Waals surface area contributed by atoms with Gasteiger partial charge in [-0.05, 0) is 44.9 Å². The van der Waals surface area contributed by atoms with Gasteiger partial charge in [-0.25, -0.2) is 4.39 Å². The summed E-state index contributed by atoms with van der Waals surface area (Å²) in [6.45, 7) is 6.86. The van der Waals surface area contributed by atoms with Gasteiger partial charge >= 0.3 is 11.9 Å². The van der Waals surface area contributed by atoms with Gasteiger partial charge in [-0.1, -0.05) is 19.1 Å². The van der Waals surface area contributed by atoms with Gasteiger partial charge in [0.05, 0.1) is 30.9 Å². The minimum atomic E-state index is -1.38. The minimum Gasteiger partial charge on any atom is -0.469 e. The van der Waals surface area contributed by atoms with Crippen molar-refractivity contribution in [1.82, 2.24) is 0 Å². The van der Waals surface area contributed by atoms with Crippen LogP contribution in [0.1, 0.15) is 46.1 Å².